The van der Waals surface area contributed by atoms with Crippen molar-refractivity contribution >= 4 is 5.69 Å². The molecule has 0 N–H and O–H groups in total. The molecule has 0 saturated heterocycles. The van der Waals surface area contributed by atoms with Crippen molar-refractivity contribution in [2.45, 2.75) is 6.61 Å². The highest BCUT2D eigenvalue weighted by Crippen LogP contribution is 2.30. The Kier molecular flexibility index (Phi) is 4.53. The van der Waals surface area contributed by atoms with Crippen LogP contribution in [0.25, 0.3) is 0 Å². The molecule has 0 aliphatic rings. The van der Waals surface area contributed by atoms with E-state index in [2.05, 4.69) is 0 Å². The Hall–Kier alpha value is -3.14. The highest BCUT2D eigenvalue weighted by Gasteiger charge is 2.19. The number of hydrogen-bond donors (Lipinski definition) is 0. The second-order valence-corrected chi connectivity index (χ2v) is 4.26. The van der Waals surface area contributed by atoms with Gasteiger partial charge >= 0.3 is 0 Å². The minimum atomic E-state index is -0.721. The molecule has 6 nitrogen and oxygen atoms in total. The lowest BCUT2D eigenvalue weighted by Crippen LogP contribution is -2.04. The molecule has 2 rings (SSSR count). The minimum Gasteiger partial charge on any atom is -0.493 e. The average molecular weight is 302 g/mol. The lowest BCUT2D eigenvalue weighted by Gasteiger charge is -2.11. The zero-order chi connectivity index (χ0) is 16.1. The fourth-order valence-corrected chi connectivity index (χ4v) is 1.87. The number of methoxy groups -OCH3 is 1. The molecule has 22 heavy (non-hydrogen) atoms. The molecule has 7 heteroatoms. The van der Waals surface area contributed by atoms with Crippen molar-refractivity contribution < 1.29 is 18.8 Å². The Morgan fingerprint density at radius 2 is 2.09 bits per heavy atom. The van der Waals surface area contributed by atoms with E-state index in [9.17, 15) is 14.5 Å². The summed E-state index contributed by atoms with van der Waals surface area (Å²) in [5.41, 5.74) is -0.132. The van der Waals surface area contributed by atoms with Crippen LogP contribution in [0.2, 0.25) is 0 Å². The second-order valence-electron chi connectivity index (χ2n) is 4.26. The van der Waals surface area contributed by atoms with Crippen LogP contribution in [-0.4, -0.2) is 12.0 Å². The van der Waals surface area contributed by atoms with E-state index in [1.54, 1.807) is 0 Å². The lowest BCUT2D eigenvalue weighted by atomic mass is 10.2. The molecule has 0 heterocycles. The van der Waals surface area contributed by atoms with E-state index in [-0.39, 0.29) is 29.4 Å². The molecule has 0 aliphatic heterocycles. The first-order valence-corrected chi connectivity index (χ1v) is 6.19. The molecule has 2 aromatic rings. The number of hydrogen-bond acceptors (Lipinski definition) is 5. The van der Waals surface area contributed by atoms with Crippen molar-refractivity contribution in [1.29, 1.82) is 5.26 Å². The zero-order valence-electron chi connectivity index (χ0n) is 11.6. The fraction of sp³-hybridized carbons (Fsp3) is 0.133. The first-order valence-electron chi connectivity index (χ1n) is 6.19. The molecular formula is C15H11FN2O4. The van der Waals surface area contributed by atoms with E-state index in [1.165, 1.54) is 37.4 Å². The van der Waals surface area contributed by atoms with Gasteiger partial charge in [-0.15, -0.1) is 0 Å². The number of rotatable bonds is 5. The standard InChI is InChI=1S/C15H11FN2O4/c1-21-15-7-10(8-17)5-6-14(15)22-9-11-12(16)3-2-4-13(11)18(19)20/h2-7H,9H2,1H3. The van der Waals surface area contributed by atoms with Crippen molar-refractivity contribution in [1.82, 2.24) is 0 Å². The summed E-state index contributed by atoms with van der Waals surface area (Å²) in [6.07, 6.45) is 0. The molecule has 0 radical (unpaired) electrons. The molecule has 112 valence electrons. The van der Waals surface area contributed by atoms with Crippen LogP contribution in [0, 0.1) is 27.3 Å². The number of nitriles is 1. The number of ether oxygens (including phenoxy) is 2. The normalized spacial score (nSPS) is 9.86. The van der Waals surface area contributed by atoms with Crippen molar-refractivity contribution in [3.63, 3.8) is 0 Å². The third-order valence-corrected chi connectivity index (χ3v) is 2.96. The summed E-state index contributed by atoms with van der Waals surface area (Å²) in [5.74, 6) is -0.168. The maximum absolute atomic E-state index is 13.8. The third-order valence-electron chi connectivity index (χ3n) is 2.96. The van der Waals surface area contributed by atoms with E-state index >= 15 is 0 Å². The minimum absolute atomic E-state index is 0.154. The molecular weight excluding hydrogens is 291 g/mol. The van der Waals surface area contributed by atoms with Gasteiger partial charge in [-0.3, -0.25) is 10.1 Å². The number of benzene rings is 2. The molecule has 0 unspecified atom stereocenters. The number of nitrogens with zero attached hydrogens (tertiary/aromatic N) is 2. The quantitative estimate of drug-likeness (QED) is 0.625. The lowest BCUT2D eigenvalue weighted by molar-refractivity contribution is -0.386. The van der Waals surface area contributed by atoms with Gasteiger partial charge in [-0.05, 0) is 18.2 Å². The summed E-state index contributed by atoms with van der Waals surface area (Å²) < 4.78 is 24.2. The van der Waals surface area contributed by atoms with Gasteiger partial charge in [0.15, 0.2) is 11.5 Å². The predicted molar refractivity (Wildman–Crippen MR) is 75.1 cm³/mol. The van der Waals surface area contributed by atoms with Crippen LogP contribution in [0.15, 0.2) is 36.4 Å². The number of nitro groups is 1. The van der Waals surface area contributed by atoms with Gasteiger partial charge in [0.25, 0.3) is 5.69 Å². The average Bonchev–Trinajstić information content (AvgIpc) is 2.53. The van der Waals surface area contributed by atoms with Crippen LogP contribution in [0.3, 0.4) is 0 Å². The molecule has 0 fully saturated rings. The van der Waals surface area contributed by atoms with Crippen LogP contribution in [0.1, 0.15) is 11.1 Å². The van der Waals surface area contributed by atoms with Gasteiger partial charge in [0, 0.05) is 12.1 Å². The van der Waals surface area contributed by atoms with Gasteiger partial charge in [0.05, 0.1) is 23.7 Å². The van der Waals surface area contributed by atoms with Crippen LogP contribution in [-0.2, 0) is 6.61 Å². The predicted octanol–water partition coefficient (Wildman–Crippen LogP) is 3.19. The molecule has 0 aliphatic carbocycles. The Balaban J connectivity index is 2.28. The van der Waals surface area contributed by atoms with Crippen molar-refractivity contribution in [3.05, 3.63) is 63.5 Å². The van der Waals surface area contributed by atoms with Crippen LogP contribution >= 0.6 is 0 Å². The van der Waals surface area contributed by atoms with Crippen molar-refractivity contribution in [3.8, 4) is 17.6 Å². The maximum Gasteiger partial charge on any atom is 0.278 e. The highest BCUT2D eigenvalue weighted by molar-refractivity contribution is 5.47. The summed E-state index contributed by atoms with van der Waals surface area (Å²) in [7, 11) is 1.40. The van der Waals surface area contributed by atoms with Gasteiger partial charge in [-0.25, -0.2) is 4.39 Å². The molecule has 2 aromatic carbocycles. The monoisotopic (exact) mass is 302 g/mol. The molecule has 0 spiro atoms. The summed E-state index contributed by atoms with van der Waals surface area (Å²) >= 11 is 0. The largest absolute Gasteiger partial charge is 0.493 e. The Morgan fingerprint density at radius 3 is 2.73 bits per heavy atom. The highest BCUT2D eigenvalue weighted by atomic mass is 19.1. The van der Waals surface area contributed by atoms with Gasteiger partial charge in [-0.2, -0.15) is 5.26 Å². The maximum atomic E-state index is 13.8. The second kappa shape index (κ2) is 6.54. The SMILES string of the molecule is COc1cc(C#N)ccc1OCc1c(F)cccc1[N+](=O)[O-]. The topological polar surface area (TPSA) is 85.4 Å². The van der Waals surface area contributed by atoms with Gasteiger partial charge < -0.3 is 9.47 Å². The molecule has 0 amide bonds. The van der Waals surface area contributed by atoms with Crippen LogP contribution < -0.4 is 9.47 Å². The van der Waals surface area contributed by atoms with E-state index < -0.39 is 10.7 Å². The van der Waals surface area contributed by atoms with Gasteiger partial charge in [0.2, 0.25) is 0 Å². The first-order chi connectivity index (χ1) is 10.6. The number of halogens is 1. The summed E-state index contributed by atoms with van der Waals surface area (Å²) in [5, 5.41) is 19.7. The van der Waals surface area contributed by atoms with E-state index in [0.29, 0.717) is 5.56 Å². The van der Waals surface area contributed by atoms with Crippen molar-refractivity contribution in [2.75, 3.05) is 7.11 Å². The van der Waals surface area contributed by atoms with Gasteiger partial charge in [0.1, 0.15) is 18.0 Å². The van der Waals surface area contributed by atoms with Crippen molar-refractivity contribution in [2.24, 2.45) is 0 Å². The Bertz CT molecular complexity index is 756. The first kappa shape index (κ1) is 15.3. The fourth-order valence-electron chi connectivity index (χ4n) is 1.87. The van der Waals surface area contributed by atoms with E-state index in [1.807, 2.05) is 6.07 Å². The molecule has 0 atom stereocenters. The van der Waals surface area contributed by atoms with E-state index in [4.69, 9.17) is 14.7 Å². The molecule has 0 bridgehead atoms. The van der Waals surface area contributed by atoms with E-state index in [0.717, 1.165) is 6.07 Å². The molecule has 0 saturated carbocycles. The Labute approximate surface area is 125 Å². The summed E-state index contributed by atoms with van der Waals surface area (Å²) in [4.78, 5) is 10.2. The van der Waals surface area contributed by atoms with Crippen LogP contribution in [0.5, 0.6) is 11.5 Å². The zero-order valence-corrected chi connectivity index (χ0v) is 11.6. The van der Waals surface area contributed by atoms with Crippen LogP contribution in [0.4, 0.5) is 10.1 Å². The number of nitro benzene ring substituents is 1. The Morgan fingerprint density at radius 1 is 1.32 bits per heavy atom. The summed E-state index contributed by atoms with van der Waals surface area (Å²) in [6.45, 7) is -0.328. The third kappa shape index (κ3) is 3.12. The van der Waals surface area contributed by atoms with Gasteiger partial charge in [-0.1, -0.05) is 6.07 Å². The summed E-state index contributed by atoms with van der Waals surface area (Å²) in [6, 6.07) is 10.0. The smallest absolute Gasteiger partial charge is 0.278 e. The molecule has 0 aromatic heterocycles.